The molecule has 1 aliphatic heterocycles. The Morgan fingerprint density at radius 2 is 1.61 bits per heavy atom. The van der Waals surface area contributed by atoms with Crippen molar-refractivity contribution in [3.05, 3.63) is 48.5 Å². The molecule has 3 amide bonds. The Labute approximate surface area is 181 Å². The van der Waals surface area contributed by atoms with Crippen LogP contribution in [0.15, 0.2) is 53.4 Å². The molecule has 1 fully saturated rings. The third-order valence-corrected chi connectivity index (χ3v) is 6.97. The van der Waals surface area contributed by atoms with Crippen molar-refractivity contribution in [1.29, 1.82) is 0 Å². The number of rotatable bonds is 6. The molecule has 2 aromatic carbocycles. The number of carbonyl (C=O) groups is 2. The maximum atomic E-state index is 13.0. The molecule has 31 heavy (non-hydrogen) atoms. The molecular weight excluding hydrogens is 420 g/mol. The number of ether oxygens (including phenoxy) is 1. The Morgan fingerprint density at radius 1 is 1.00 bits per heavy atom. The highest BCUT2D eigenvalue weighted by Crippen LogP contribution is 2.26. The molecule has 1 unspecified atom stereocenters. The Hall–Kier alpha value is -3.11. The van der Waals surface area contributed by atoms with Gasteiger partial charge in [0, 0.05) is 31.5 Å². The van der Waals surface area contributed by atoms with E-state index in [2.05, 4.69) is 16.0 Å². The number of methoxy groups -OCH3 is 1. The average molecular weight is 447 g/mol. The lowest BCUT2D eigenvalue weighted by Gasteiger charge is -2.31. The zero-order chi connectivity index (χ0) is 22.4. The molecule has 0 radical (unpaired) electrons. The number of anilines is 2. The van der Waals surface area contributed by atoms with Gasteiger partial charge in [-0.2, -0.15) is 4.31 Å². The molecule has 2 aromatic rings. The van der Waals surface area contributed by atoms with Crippen LogP contribution in [0, 0.1) is 5.92 Å². The Kier molecular flexibility index (Phi) is 7.13. The smallest absolute Gasteiger partial charge is 0.318 e. The van der Waals surface area contributed by atoms with E-state index in [0.29, 0.717) is 36.5 Å². The SMILES string of the molecule is CNC(=O)Nc1ccc(NC(=O)C2CCCN(S(=O)(=O)c3ccc(OC)cc3)C2)cc1. The predicted octanol–water partition coefficient (Wildman–Crippen LogP) is 2.49. The van der Waals surface area contributed by atoms with Crippen LogP contribution in [0.2, 0.25) is 0 Å². The molecule has 0 bridgehead atoms. The molecule has 1 heterocycles. The van der Waals surface area contributed by atoms with Gasteiger partial charge in [-0.25, -0.2) is 13.2 Å². The third-order valence-electron chi connectivity index (χ3n) is 5.09. The molecule has 3 rings (SSSR count). The van der Waals surface area contributed by atoms with Crippen LogP contribution in [0.5, 0.6) is 5.75 Å². The van der Waals surface area contributed by atoms with Crippen molar-refractivity contribution in [2.75, 3.05) is 37.9 Å². The van der Waals surface area contributed by atoms with Crippen molar-refractivity contribution >= 4 is 33.3 Å². The first-order chi connectivity index (χ1) is 14.8. The van der Waals surface area contributed by atoms with E-state index in [-0.39, 0.29) is 23.4 Å². The maximum absolute atomic E-state index is 13.0. The molecule has 10 heteroatoms. The summed E-state index contributed by atoms with van der Waals surface area (Å²) in [5, 5.41) is 7.92. The topological polar surface area (TPSA) is 117 Å². The molecule has 0 spiro atoms. The van der Waals surface area contributed by atoms with Crippen LogP contribution in [-0.2, 0) is 14.8 Å². The first-order valence-corrected chi connectivity index (χ1v) is 11.3. The van der Waals surface area contributed by atoms with Gasteiger partial charge in [0.2, 0.25) is 15.9 Å². The van der Waals surface area contributed by atoms with Crippen molar-refractivity contribution in [1.82, 2.24) is 9.62 Å². The van der Waals surface area contributed by atoms with Gasteiger partial charge in [0.05, 0.1) is 17.9 Å². The molecule has 1 saturated heterocycles. The van der Waals surface area contributed by atoms with E-state index < -0.39 is 15.9 Å². The minimum Gasteiger partial charge on any atom is -0.497 e. The Morgan fingerprint density at radius 3 is 2.19 bits per heavy atom. The van der Waals surface area contributed by atoms with Gasteiger partial charge in [-0.05, 0) is 61.4 Å². The van der Waals surface area contributed by atoms with Gasteiger partial charge < -0.3 is 20.7 Å². The summed E-state index contributed by atoms with van der Waals surface area (Å²) >= 11 is 0. The summed E-state index contributed by atoms with van der Waals surface area (Å²) in [7, 11) is -0.657. The summed E-state index contributed by atoms with van der Waals surface area (Å²) in [5.74, 6) is -0.113. The standard InChI is InChI=1S/C21H26N4O5S/c1-22-21(27)24-17-7-5-16(6-8-17)23-20(26)15-4-3-13-25(14-15)31(28,29)19-11-9-18(30-2)10-12-19/h5-12,15H,3-4,13-14H2,1-2H3,(H,23,26)(H2,22,24,27). The fourth-order valence-electron chi connectivity index (χ4n) is 3.35. The quantitative estimate of drug-likeness (QED) is 0.630. The van der Waals surface area contributed by atoms with Crippen molar-refractivity contribution < 1.29 is 22.7 Å². The number of hydrogen-bond donors (Lipinski definition) is 3. The second kappa shape index (κ2) is 9.80. The second-order valence-corrected chi connectivity index (χ2v) is 9.09. The fourth-order valence-corrected chi connectivity index (χ4v) is 4.87. The summed E-state index contributed by atoms with van der Waals surface area (Å²) in [5.41, 5.74) is 1.16. The summed E-state index contributed by atoms with van der Waals surface area (Å²) in [4.78, 5) is 24.3. The first-order valence-electron chi connectivity index (χ1n) is 9.87. The molecule has 1 aliphatic rings. The molecule has 3 N–H and O–H groups in total. The number of sulfonamides is 1. The van der Waals surface area contributed by atoms with Crippen molar-refractivity contribution in [3.63, 3.8) is 0 Å². The molecule has 0 aliphatic carbocycles. The Bertz CT molecular complexity index is 1020. The monoisotopic (exact) mass is 446 g/mol. The van der Waals surface area contributed by atoms with Crippen LogP contribution < -0.4 is 20.7 Å². The van der Waals surface area contributed by atoms with Crippen LogP contribution in [0.25, 0.3) is 0 Å². The zero-order valence-electron chi connectivity index (χ0n) is 17.4. The summed E-state index contributed by atoms with van der Waals surface area (Å²) in [6.07, 6.45) is 1.21. The third kappa shape index (κ3) is 5.53. The number of urea groups is 1. The van der Waals surface area contributed by atoms with Gasteiger partial charge >= 0.3 is 6.03 Å². The van der Waals surface area contributed by atoms with Crippen LogP contribution in [0.3, 0.4) is 0 Å². The molecule has 0 saturated carbocycles. The Balaban J connectivity index is 1.64. The van der Waals surface area contributed by atoms with Crippen molar-refractivity contribution in [2.45, 2.75) is 17.7 Å². The van der Waals surface area contributed by atoms with Crippen LogP contribution in [0.1, 0.15) is 12.8 Å². The molecule has 0 aromatic heterocycles. The number of benzene rings is 2. The number of hydrogen-bond acceptors (Lipinski definition) is 5. The number of piperidine rings is 1. The molecular formula is C21H26N4O5S. The number of nitrogens with one attached hydrogen (secondary N) is 3. The van der Waals surface area contributed by atoms with Crippen LogP contribution >= 0.6 is 0 Å². The summed E-state index contributed by atoms with van der Waals surface area (Å²) < 4.78 is 32.4. The highest BCUT2D eigenvalue weighted by atomic mass is 32.2. The summed E-state index contributed by atoms with van der Waals surface area (Å²) in [6.45, 7) is 0.495. The van der Waals surface area contributed by atoms with E-state index in [1.54, 1.807) is 36.4 Å². The molecule has 9 nitrogen and oxygen atoms in total. The van der Waals surface area contributed by atoms with Gasteiger partial charge in [-0.15, -0.1) is 0 Å². The lowest BCUT2D eigenvalue weighted by atomic mass is 9.98. The predicted molar refractivity (Wildman–Crippen MR) is 118 cm³/mol. The van der Waals surface area contributed by atoms with Crippen molar-refractivity contribution in [2.24, 2.45) is 5.92 Å². The van der Waals surface area contributed by atoms with Crippen molar-refractivity contribution in [3.8, 4) is 5.75 Å². The van der Waals surface area contributed by atoms with Gasteiger partial charge in [-0.1, -0.05) is 0 Å². The van der Waals surface area contributed by atoms with Crippen LogP contribution in [0.4, 0.5) is 16.2 Å². The van der Waals surface area contributed by atoms with E-state index in [0.717, 1.165) is 0 Å². The van der Waals surface area contributed by atoms with Crippen LogP contribution in [-0.4, -0.2) is 51.9 Å². The normalized spacial score (nSPS) is 16.9. The largest absolute Gasteiger partial charge is 0.497 e. The second-order valence-electron chi connectivity index (χ2n) is 7.15. The molecule has 1 atom stereocenters. The van der Waals surface area contributed by atoms with Gasteiger partial charge in [0.15, 0.2) is 0 Å². The van der Waals surface area contributed by atoms with E-state index in [4.69, 9.17) is 4.74 Å². The van der Waals surface area contributed by atoms with E-state index in [1.807, 2.05) is 0 Å². The lowest BCUT2D eigenvalue weighted by Crippen LogP contribution is -2.43. The van der Waals surface area contributed by atoms with Gasteiger partial charge in [-0.3, -0.25) is 4.79 Å². The summed E-state index contributed by atoms with van der Waals surface area (Å²) in [6, 6.07) is 12.6. The van der Waals surface area contributed by atoms with Gasteiger partial charge in [0.25, 0.3) is 0 Å². The highest BCUT2D eigenvalue weighted by molar-refractivity contribution is 7.89. The highest BCUT2D eigenvalue weighted by Gasteiger charge is 2.33. The lowest BCUT2D eigenvalue weighted by molar-refractivity contribution is -0.120. The van der Waals surface area contributed by atoms with E-state index in [9.17, 15) is 18.0 Å². The number of amides is 3. The van der Waals surface area contributed by atoms with E-state index in [1.165, 1.54) is 30.6 Å². The maximum Gasteiger partial charge on any atom is 0.318 e. The number of nitrogens with zero attached hydrogens (tertiary/aromatic N) is 1. The minimum atomic E-state index is -3.69. The van der Waals surface area contributed by atoms with Gasteiger partial charge in [0.1, 0.15) is 5.75 Å². The average Bonchev–Trinajstić information content (AvgIpc) is 2.80. The van der Waals surface area contributed by atoms with E-state index >= 15 is 0 Å². The minimum absolute atomic E-state index is 0.122. The number of carbonyl (C=O) groups excluding carboxylic acids is 2. The molecule has 166 valence electrons. The fraction of sp³-hybridized carbons (Fsp3) is 0.333. The first kappa shape index (κ1) is 22.6. The zero-order valence-corrected chi connectivity index (χ0v) is 18.2.